The number of H-pyrrole nitrogens is 1. The van der Waals surface area contributed by atoms with Gasteiger partial charge in [0.1, 0.15) is 5.82 Å². The first kappa shape index (κ1) is 11.0. The number of nitrogens with zero attached hydrogens (tertiary/aromatic N) is 4. The zero-order valence-electron chi connectivity index (χ0n) is 11.0. The molecule has 0 saturated heterocycles. The van der Waals surface area contributed by atoms with E-state index >= 15 is 0 Å². The van der Waals surface area contributed by atoms with Crippen LogP contribution >= 0.6 is 0 Å². The summed E-state index contributed by atoms with van der Waals surface area (Å²) >= 11 is 0. The SMILES string of the molecule is C[C@H]1CCCC[C@H]1c1nnc2cnc3[nH]ccc3n12. The van der Waals surface area contributed by atoms with Crippen LogP contribution in [0.2, 0.25) is 0 Å². The van der Waals surface area contributed by atoms with Gasteiger partial charge in [0.25, 0.3) is 0 Å². The molecule has 4 rings (SSSR count). The lowest BCUT2D eigenvalue weighted by atomic mass is 9.80. The standard InChI is InChI=1S/C14H17N5/c1-9-4-2-3-5-10(9)14-18-17-12-8-16-13-11(19(12)14)6-7-15-13/h6-10,15H,2-5H2,1H3/t9-,10+/m0/s1. The lowest BCUT2D eigenvalue weighted by Gasteiger charge is -2.27. The number of hydrogen-bond acceptors (Lipinski definition) is 3. The van der Waals surface area contributed by atoms with E-state index in [1.807, 2.05) is 6.20 Å². The Hall–Kier alpha value is -1.91. The maximum atomic E-state index is 4.46. The van der Waals surface area contributed by atoms with Gasteiger partial charge in [-0.25, -0.2) is 4.98 Å². The molecule has 3 aromatic heterocycles. The van der Waals surface area contributed by atoms with Gasteiger partial charge in [-0.15, -0.1) is 10.2 Å². The van der Waals surface area contributed by atoms with Crippen molar-refractivity contribution in [2.75, 3.05) is 0 Å². The highest BCUT2D eigenvalue weighted by molar-refractivity contribution is 5.74. The van der Waals surface area contributed by atoms with E-state index in [-0.39, 0.29) is 0 Å². The van der Waals surface area contributed by atoms with Gasteiger partial charge in [0.05, 0.1) is 11.7 Å². The minimum Gasteiger partial charge on any atom is -0.345 e. The van der Waals surface area contributed by atoms with Crippen LogP contribution in [0, 0.1) is 5.92 Å². The molecule has 1 N–H and O–H groups in total. The second kappa shape index (κ2) is 4.05. The molecule has 1 aliphatic carbocycles. The monoisotopic (exact) mass is 255 g/mol. The molecule has 0 radical (unpaired) electrons. The molecule has 0 aromatic carbocycles. The van der Waals surface area contributed by atoms with E-state index in [0.717, 1.165) is 22.6 Å². The number of aromatic nitrogens is 5. The fourth-order valence-electron chi connectivity index (χ4n) is 3.34. The average Bonchev–Trinajstić information content (AvgIpc) is 3.04. The zero-order valence-corrected chi connectivity index (χ0v) is 11.0. The van der Waals surface area contributed by atoms with E-state index in [1.54, 1.807) is 6.20 Å². The first-order valence-electron chi connectivity index (χ1n) is 7.02. The predicted molar refractivity (Wildman–Crippen MR) is 73.0 cm³/mol. The number of fused-ring (bicyclic) bond motifs is 3. The molecule has 5 nitrogen and oxygen atoms in total. The van der Waals surface area contributed by atoms with Crippen LogP contribution in [-0.4, -0.2) is 24.6 Å². The Morgan fingerprint density at radius 1 is 1.26 bits per heavy atom. The maximum absolute atomic E-state index is 4.46. The third kappa shape index (κ3) is 1.57. The van der Waals surface area contributed by atoms with E-state index < -0.39 is 0 Å². The van der Waals surface area contributed by atoms with Crippen LogP contribution in [0.1, 0.15) is 44.3 Å². The molecule has 3 aromatic rings. The summed E-state index contributed by atoms with van der Waals surface area (Å²) < 4.78 is 2.17. The van der Waals surface area contributed by atoms with Gasteiger partial charge in [-0.2, -0.15) is 0 Å². The molecular weight excluding hydrogens is 238 g/mol. The maximum Gasteiger partial charge on any atom is 0.179 e. The summed E-state index contributed by atoms with van der Waals surface area (Å²) in [5.74, 6) is 2.31. The molecule has 0 spiro atoms. The van der Waals surface area contributed by atoms with Crippen LogP contribution in [0.5, 0.6) is 0 Å². The fraction of sp³-hybridized carbons (Fsp3) is 0.500. The Labute approximate surface area is 111 Å². The molecule has 2 atom stereocenters. The molecule has 0 amide bonds. The third-order valence-electron chi connectivity index (χ3n) is 4.41. The molecule has 3 heterocycles. The van der Waals surface area contributed by atoms with E-state index in [9.17, 15) is 0 Å². The van der Waals surface area contributed by atoms with Gasteiger partial charge in [0, 0.05) is 12.1 Å². The summed E-state index contributed by atoms with van der Waals surface area (Å²) in [5.41, 5.74) is 2.83. The van der Waals surface area contributed by atoms with Gasteiger partial charge in [0.2, 0.25) is 0 Å². The van der Waals surface area contributed by atoms with Crippen LogP contribution in [0.15, 0.2) is 18.5 Å². The molecule has 1 fully saturated rings. The fourth-order valence-corrected chi connectivity index (χ4v) is 3.34. The van der Waals surface area contributed by atoms with Crippen molar-refractivity contribution in [3.63, 3.8) is 0 Å². The average molecular weight is 255 g/mol. The van der Waals surface area contributed by atoms with Crippen LogP contribution in [0.3, 0.4) is 0 Å². The smallest absolute Gasteiger partial charge is 0.179 e. The third-order valence-corrected chi connectivity index (χ3v) is 4.41. The lowest BCUT2D eigenvalue weighted by molar-refractivity contribution is 0.319. The zero-order chi connectivity index (χ0) is 12.8. The second-order valence-electron chi connectivity index (χ2n) is 5.59. The van der Waals surface area contributed by atoms with Gasteiger partial charge < -0.3 is 4.98 Å². The summed E-state index contributed by atoms with van der Waals surface area (Å²) in [6, 6.07) is 2.05. The molecular formula is C14H17N5. The van der Waals surface area contributed by atoms with E-state index in [4.69, 9.17) is 0 Å². The molecule has 1 aliphatic rings. The second-order valence-corrected chi connectivity index (χ2v) is 5.59. The summed E-state index contributed by atoms with van der Waals surface area (Å²) in [5, 5.41) is 8.75. The van der Waals surface area contributed by atoms with Crippen LogP contribution < -0.4 is 0 Å². The molecule has 5 heteroatoms. The lowest BCUT2D eigenvalue weighted by Crippen LogP contribution is -2.17. The van der Waals surface area contributed by atoms with Crippen molar-refractivity contribution in [2.45, 2.75) is 38.5 Å². The van der Waals surface area contributed by atoms with E-state index in [1.165, 1.54) is 25.7 Å². The number of nitrogens with one attached hydrogen (secondary N) is 1. The highest BCUT2D eigenvalue weighted by atomic mass is 15.3. The summed E-state index contributed by atoms with van der Waals surface area (Å²) in [4.78, 5) is 7.52. The van der Waals surface area contributed by atoms with Gasteiger partial charge in [0.15, 0.2) is 11.3 Å². The van der Waals surface area contributed by atoms with Crippen molar-refractivity contribution in [2.24, 2.45) is 5.92 Å². The minimum absolute atomic E-state index is 0.518. The summed E-state index contributed by atoms with van der Waals surface area (Å²) in [6.07, 6.45) is 8.87. The van der Waals surface area contributed by atoms with Crippen molar-refractivity contribution >= 4 is 16.8 Å². The largest absolute Gasteiger partial charge is 0.345 e. The Balaban J connectivity index is 1.96. The van der Waals surface area contributed by atoms with Crippen LogP contribution in [0.4, 0.5) is 0 Å². The Morgan fingerprint density at radius 2 is 2.16 bits per heavy atom. The number of aromatic amines is 1. The van der Waals surface area contributed by atoms with Crippen LogP contribution in [0.25, 0.3) is 16.8 Å². The summed E-state index contributed by atoms with van der Waals surface area (Å²) in [6.45, 7) is 2.33. The Bertz CT molecular complexity index is 726. The quantitative estimate of drug-likeness (QED) is 0.727. The van der Waals surface area contributed by atoms with Crippen molar-refractivity contribution in [3.05, 3.63) is 24.3 Å². The Morgan fingerprint density at radius 3 is 3.05 bits per heavy atom. The van der Waals surface area contributed by atoms with Gasteiger partial charge in [-0.1, -0.05) is 26.2 Å². The van der Waals surface area contributed by atoms with Crippen molar-refractivity contribution < 1.29 is 0 Å². The number of rotatable bonds is 1. The molecule has 0 unspecified atom stereocenters. The number of hydrogen-bond donors (Lipinski definition) is 1. The van der Waals surface area contributed by atoms with Gasteiger partial charge in [-0.3, -0.25) is 4.40 Å². The van der Waals surface area contributed by atoms with E-state index in [0.29, 0.717) is 11.8 Å². The molecule has 1 saturated carbocycles. The van der Waals surface area contributed by atoms with Gasteiger partial charge >= 0.3 is 0 Å². The van der Waals surface area contributed by atoms with Crippen molar-refractivity contribution in [1.82, 2.24) is 24.6 Å². The summed E-state index contributed by atoms with van der Waals surface area (Å²) in [7, 11) is 0. The van der Waals surface area contributed by atoms with Crippen molar-refractivity contribution in [3.8, 4) is 0 Å². The molecule has 0 bridgehead atoms. The normalized spacial score (nSPS) is 24.3. The van der Waals surface area contributed by atoms with Gasteiger partial charge in [-0.05, 0) is 18.4 Å². The minimum atomic E-state index is 0.518. The first-order valence-corrected chi connectivity index (χ1v) is 7.02. The van der Waals surface area contributed by atoms with E-state index in [2.05, 4.69) is 37.6 Å². The highest BCUT2D eigenvalue weighted by Gasteiger charge is 2.27. The van der Waals surface area contributed by atoms with Crippen LogP contribution in [-0.2, 0) is 0 Å². The van der Waals surface area contributed by atoms with Crippen molar-refractivity contribution in [1.29, 1.82) is 0 Å². The Kier molecular flexibility index (Phi) is 2.33. The molecule has 19 heavy (non-hydrogen) atoms. The highest BCUT2D eigenvalue weighted by Crippen LogP contribution is 2.37. The molecule has 0 aliphatic heterocycles. The topological polar surface area (TPSA) is 58.9 Å². The molecule has 98 valence electrons. The predicted octanol–water partition coefficient (Wildman–Crippen LogP) is 2.90. The first-order chi connectivity index (χ1) is 9.34.